The zero-order valence-electron chi connectivity index (χ0n) is 16.5. The molecular weight excluding hydrogens is 328 g/mol. The average Bonchev–Trinajstić information content (AvgIpc) is 2.67. The van der Waals surface area contributed by atoms with E-state index < -0.39 is 17.9 Å². The number of hydrogen-bond donors (Lipinski definition) is 0. The van der Waals surface area contributed by atoms with E-state index in [-0.39, 0.29) is 5.92 Å². The summed E-state index contributed by atoms with van der Waals surface area (Å²) in [5.41, 5.74) is 0.969. The zero-order valence-corrected chi connectivity index (χ0v) is 16.5. The third-order valence-electron chi connectivity index (χ3n) is 4.56. The van der Waals surface area contributed by atoms with Crippen LogP contribution < -0.4 is 0 Å². The third kappa shape index (κ3) is 7.59. The van der Waals surface area contributed by atoms with Gasteiger partial charge in [-0.15, -0.1) is 0 Å². The molecule has 4 nitrogen and oxygen atoms in total. The van der Waals surface area contributed by atoms with Crippen molar-refractivity contribution in [2.24, 2.45) is 5.92 Å². The van der Waals surface area contributed by atoms with Crippen LogP contribution in [0.2, 0.25) is 0 Å². The van der Waals surface area contributed by atoms with E-state index in [1.54, 1.807) is 0 Å². The maximum absolute atomic E-state index is 12.7. The summed E-state index contributed by atoms with van der Waals surface area (Å²) in [6, 6.07) is 9.69. The molecule has 1 unspecified atom stereocenters. The molecule has 4 heteroatoms. The molecule has 1 aromatic carbocycles. The predicted octanol–water partition coefficient (Wildman–Crippen LogP) is 5.26. The van der Waals surface area contributed by atoms with Gasteiger partial charge in [0, 0.05) is 5.92 Å². The lowest BCUT2D eigenvalue weighted by molar-refractivity contribution is -0.163. The third-order valence-corrected chi connectivity index (χ3v) is 4.56. The standard InChI is InChI=1S/C22H34O4/c1-4-7-12-16-25-21(23)20(22(24)26-17-13-8-5-2)19(6-3)18-14-10-9-11-15-18/h9-11,14-15,19-20H,4-8,12-13,16-17H2,1-3H3. The number of esters is 2. The van der Waals surface area contributed by atoms with Gasteiger partial charge in [0.25, 0.3) is 0 Å². The van der Waals surface area contributed by atoms with E-state index in [9.17, 15) is 9.59 Å². The van der Waals surface area contributed by atoms with Crippen LogP contribution in [-0.2, 0) is 19.1 Å². The summed E-state index contributed by atoms with van der Waals surface area (Å²) in [6.07, 6.45) is 6.45. The van der Waals surface area contributed by atoms with Gasteiger partial charge in [-0.05, 0) is 24.8 Å². The maximum atomic E-state index is 12.7. The van der Waals surface area contributed by atoms with E-state index in [2.05, 4.69) is 13.8 Å². The number of carbonyl (C=O) groups is 2. The van der Waals surface area contributed by atoms with Crippen molar-refractivity contribution >= 4 is 11.9 Å². The van der Waals surface area contributed by atoms with Crippen molar-refractivity contribution in [3.63, 3.8) is 0 Å². The molecule has 26 heavy (non-hydrogen) atoms. The highest BCUT2D eigenvalue weighted by molar-refractivity contribution is 5.96. The first-order chi connectivity index (χ1) is 12.7. The fourth-order valence-corrected chi connectivity index (χ4v) is 3.02. The molecule has 0 saturated heterocycles. The molecule has 0 aliphatic carbocycles. The number of carbonyl (C=O) groups excluding carboxylic acids is 2. The van der Waals surface area contributed by atoms with Gasteiger partial charge in [0.15, 0.2) is 5.92 Å². The second kappa shape index (κ2) is 13.4. The van der Waals surface area contributed by atoms with Gasteiger partial charge >= 0.3 is 11.9 Å². The first-order valence-corrected chi connectivity index (χ1v) is 10.0. The van der Waals surface area contributed by atoms with Gasteiger partial charge in [-0.25, -0.2) is 0 Å². The Labute approximate surface area is 158 Å². The number of benzene rings is 1. The fourth-order valence-electron chi connectivity index (χ4n) is 3.02. The van der Waals surface area contributed by atoms with Crippen molar-refractivity contribution in [3.05, 3.63) is 35.9 Å². The summed E-state index contributed by atoms with van der Waals surface area (Å²) in [5.74, 6) is -2.05. The smallest absolute Gasteiger partial charge is 0.320 e. The van der Waals surface area contributed by atoms with Gasteiger partial charge in [-0.3, -0.25) is 9.59 Å². The van der Waals surface area contributed by atoms with Crippen LogP contribution in [0.1, 0.15) is 77.2 Å². The van der Waals surface area contributed by atoms with E-state index in [0.29, 0.717) is 19.6 Å². The van der Waals surface area contributed by atoms with Crippen molar-refractivity contribution in [3.8, 4) is 0 Å². The highest BCUT2D eigenvalue weighted by Gasteiger charge is 2.37. The first-order valence-electron chi connectivity index (χ1n) is 10.0. The lowest BCUT2D eigenvalue weighted by atomic mass is 9.84. The molecule has 1 atom stereocenters. The first kappa shape index (κ1) is 22.2. The van der Waals surface area contributed by atoms with Crippen molar-refractivity contribution < 1.29 is 19.1 Å². The Bertz CT molecular complexity index is 488. The molecule has 0 spiro atoms. The van der Waals surface area contributed by atoms with E-state index in [1.807, 2.05) is 37.3 Å². The minimum absolute atomic E-state index is 0.228. The van der Waals surface area contributed by atoms with Gasteiger partial charge in [-0.2, -0.15) is 0 Å². The Morgan fingerprint density at radius 3 is 1.73 bits per heavy atom. The van der Waals surface area contributed by atoms with E-state index >= 15 is 0 Å². The molecule has 0 aliphatic heterocycles. The van der Waals surface area contributed by atoms with Crippen molar-refractivity contribution in [2.45, 2.75) is 71.6 Å². The molecule has 0 fully saturated rings. The Hall–Kier alpha value is -1.84. The normalized spacial score (nSPS) is 12.0. The van der Waals surface area contributed by atoms with Crippen LogP contribution in [0.15, 0.2) is 30.3 Å². The highest BCUT2D eigenvalue weighted by Crippen LogP contribution is 2.30. The van der Waals surface area contributed by atoms with E-state index in [4.69, 9.17) is 9.47 Å². The lowest BCUT2D eigenvalue weighted by Crippen LogP contribution is -2.33. The summed E-state index contributed by atoms with van der Waals surface area (Å²) >= 11 is 0. The minimum atomic E-state index is -0.898. The molecule has 1 aromatic rings. The topological polar surface area (TPSA) is 52.6 Å². The number of hydrogen-bond acceptors (Lipinski definition) is 4. The zero-order chi connectivity index (χ0) is 19.2. The average molecular weight is 363 g/mol. The molecule has 0 aromatic heterocycles. The van der Waals surface area contributed by atoms with Crippen LogP contribution >= 0.6 is 0 Å². The molecule has 0 N–H and O–H groups in total. The Balaban J connectivity index is 2.85. The van der Waals surface area contributed by atoms with Crippen LogP contribution in [0.5, 0.6) is 0 Å². The van der Waals surface area contributed by atoms with Gasteiger partial charge in [0.2, 0.25) is 0 Å². The molecule has 0 bridgehead atoms. The largest absolute Gasteiger partial charge is 0.465 e. The van der Waals surface area contributed by atoms with Crippen molar-refractivity contribution in [1.82, 2.24) is 0 Å². The maximum Gasteiger partial charge on any atom is 0.320 e. The summed E-state index contributed by atoms with van der Waals surface area (Å²) in [6.45, 7) is 6.90. The lowest BCUT2D eigenvalue weighted by Gasteiger charge is -2.24. The summed E-state index contributed by atoms with van der Waals surface area (Å²) < 4.78 is 10.8. The van der Waals surface area contributed by atoms with Crippen LogP contribution in [0.25, 0.3) is 0 Å². The molecule has 1 rings (SSSR count). The number of rotatable bonds is 13. The summed E-state index contributed by atoms with van der Waals surface area (Å²) in [5, 5.41) is 0. The second-order valence-corrected chi connectivity index (χ2v) is 6.65. The minimum Gasteiger partial charge on any atom is -0.465 e. The summed E-state index contributed by atoms with van der Waals surface area (Å²) in [4.78, 5) is 25.4. The SMILES string of the molecule is CCCCCOC(=O)C(C(=O)OCCCCC)C(CC)c1ccccc1. The molecule has 0 saturated carbocycles. The Morgan fingerprint density at radius 2 is 1.31 bits per heavy atom. The van der Waals surface area contributed by atoms with E-state index in [0.717, 1.165) is 44.1 Å². The molecule has 0 radical (unpaired) electrons. The van der Waals surface area contributed by atoms with Gasteiger partial charge in [0.05, 0.1) is 13.2 Å². The fraction of sp³-hybridized carbons (Fsp3) is 0.636. The molecule has 0 heterocycles. The van der Waals surface area contributed by atoms with Crippen LogP contribution in [0.3, 0.4) is 0 Å². The van der Waals surface area contributed by atoms with Crippen LogP contribution in [-0.4, -0.2) is 25.2 Å². The highest BCUT2D eigenvalue weighted by atomic mass is 16.6. The molecule has 146 valence electrons. The van der Waals surface area contributed by atoms with Gasteiger partial charge in [-0.1, -0.05) is 76.8 Å². The Kier molecular flexibility index (Phi) is 11.4. The molecule has 0 aliphatic rings. The van der Waals surface area contributed by atoms with Crippen LogP contribution in [0, 0.1) is 5.92 Å². The van der Waals surface area contributed by atoms with Crippen molar-refractivity contribution in [1.29, 1.82) is 0 Å². The van der Waals surface area contributed by atoms with Crippen LogP contribution in [0.4, 0.5) is 0 Å². The van der Waals surface area contributed by atoms with E-state index in [1.165, 1.54) is 0 Å². The molecular formula is C22H34O4. The Morgan fingerprint density at radius 1 is 0.808 bits per heavy atom. The number of unbranched alkanes of at least 4 members (excludes halogenated alkanes) is 4. The van der Waals surface area contributed by atoms with Gasteiger partial charge < -0.3 is 9.47 Å². The van der Waals surface area contributed by atoms with Gasteiger partial charge in [0.1, 0.15) is 0 Å². The predicted molar refractivity (Wildman–Crippen MR) is 104 cm³/mol. The monoisotopic (exact) mass is 362 g/mol. The quantitative estimate of drug-likeness (QED) is 0.273. The van der Waals surface area contributed by atoms with Crippen molar-refractivity contribution in [2.75, 3.05) is 13.2 Å². The molecule has 0 amide bonds. The second-order valence-electron chi connectivity index (χ2n) is 6.65. The summed E-state index contributed by atoms with van der Waals surface area (Å²) in [7, 11) is 0. The number of ether oxygens (including phenoxy) is 2.